The van der Waals surface area contributed by atoms with Gasteiger partial charge in [0, 0.05) is 6.20 Å². The number of nitrogens with zero attached hydrogens (tertiary/aromatic N) is 3. The average Bonchev–Trinajstić information content (AvgIpc) is 3.21. The summed E-state index contributed by atoms with van der Waals surface area (Å²) in [7, 11) is 1.26. The SMILES string of the molecule is [CH3-].[Rh+3].[c-]1ccccc1-c1ccccp1.c1ccc(-c2nc3ccccc3[n-]2)nc1. The second kappa shape index (κ2) is 11.4. The van der Waals surface area contributed by atoms with Gasteiger partial charge in [-0.25, -0.2) is 0 Å². The molecule has 5 rings (SSSR count). The van der Waals surface area contributed by atoms with E-state index >= 15 is 0 Å². The maximum absolute atomic E-state index is 4.41. The van der Waals surface area contributed by atoms with Gasteiger partial charge in [0.05, 0.1) is 5.69 Å². The van der Waals surface area contributed by atoms with Gasteiger partial charge in [-0.05, 0) is 34.8 Å². The molecule has 0 fully saturated rings. The van der Waals surface area contributed by atoms with Gasteiger partial charge in [-0.15, -0.1) is 44.1 Å². The molecule has 144 valence electrons. The number of fused-ring (bicyclic) bond motifs is 1. The summed E-state index contributed by atoms with van der Waals surface area (Å²) in [6.45, 7) is 0. The third-order valence-electron chi connectivity index (χ3n) is 3.88. The van der Waals surface area contributed by atoms with Crippen LogP contribution in [0.15, 0.2) is 96.9 Å². The second-order valence-electron chi connectivity index (χ2n) is 5.74. The van der Waals surface area contributed by atoms with Crippen LogP contribution < -0.4 is 4.98 Å². The Labute approximate surface area is 186 Å². The molecule has 29 heavy (non-hydrogen) atoms. The molecule has 0 saturated heterocycles. The number of hydrogen-bond donors (Lipinski definition) is 0. The summed E-state index contributed by atoms with van der Waals surface area (Å²) in [4.78, 5) is 13.0. The maximum atomic E-state index is 4.41. The topological polar surface area (TPSA) is 39.9 Å². The van der Waals surface area contributed by atoms with Crippen molar-refractivity contribution in [1.29, 1.82) is 0 Å². The molecule has 3 heterocycles. The summed E-state index contributed by atoms with van der Waals surface area (Å²) >= 11 is 0. The summed E-state index contributed by atoms with van der Waals surface area (Å²) in [6.07, 6.45) is 1.75. The van der Waals surface area contributed by atoms with Gasteiger partial charge in [-0.2, -0.15) is 0 Å². The van der Waals surface area contributed by atoms with E-state index in [1.54, 1.807) is 6.20 Å². The Morgan fingerprint density at radius 2 is 1.62 bits per heavy atom. The van der Waals surface area contributed by atoms with Gasteiger partial charge in [0.2, 0.25) is 0 Å². The zero-order valence-corrected chi connectivity index (χ0v) is 18.4. The van der Waals surface area contributed by atoms with E-state index in [1.165, 1.54) is 19.1 Å². The van der Waals surface area contributed by atoms with Crippen LogP contribution in [0.3, 0.4) is 0 Å². The Balaban J connectivity index is 0.000000198. The van der Waals surface area contributed by atoms with Crippen LogP contribution in [0, 0.1) is 13.5 Å². The predicted molar refractivity (Wildman–Crippen MR) is 118 cm³/mol. The number of benzene rings is 2. The number of aromatic nitrogens is 3. The first-order valence-corrected chi connectivity index (χ1v) is 9.55. The Bertz CT molecular complexity index is 1040. The van der Waals surface area contributed by atoms with E-state index in [4.69, 9.17) is 0 Å². The van der Waals surface area contributed by atoms with Crippen LogP contribution in [0.2, 0.25) is 0 Å². The van der Waals surface area contributed by atoms with Crippen LogP contribution in [-0.4, -0.2) is 9.97 Å². The number of hydrogen-bond acceptors (Lipinski definition) is 2. The summed E-state index contributed by atoms with van der Waals surface area (Å²) in [5.41, 5.74) is 3.84. The Hall–Kier alpha value is -2.67. The molecule has 5 heteroatoms. The van der Waals surface area contributed by atoms with Gasteiger partial charge < -0.3 is 17.4 Å². The molecule has 0 aliphatic rings. The molecule has 0 radical (unpaired) electrons. The van der Waals surface area contributed by atoms with Crippen LogP contribution in [-0.2, 0) is 19.5 Å². The Morgan fingerprint density at radius 1 is 0.828 bits per heavy atom. The van der Waals surface area contributed by atoms with Crippen molar-refractivity contribution in [1.82, 2.24) is 15.0 Å². The molecule has 0 spiro atoms. The molecule has 0 bridgehead atoms. The smallest absolute Gasteiger partial charge is 0.434 e. The van der Waals surface area contributed by atoms with Gasteiger partial charge in [0.15, 0.2) is 0 Å². The molecule has 3 nitrogen and oxygen atoms in total. The van der Waals surface area contributed by atoms with Crippen LogP contribution in [0.25, 0.3) is 33.4 Å². The Morgan fingerprint density at radius 3 is 2.31 bits per heavy atom. The van der Waals surface area contributed by atoms with E-state index in [1.807, 2.05) is 60.7 Å². The van der Waals surface area contributed by atoms with Crippen molar-refractivity contribution >= 4 is 19.2 Å². The predicted octanol–water partition coefficient (Wildman–Crippen LogP) is 6.44. The molecule has 0 saturated carbocycles. The summed E-state index contributed by atoms with van der Waals surface area (Å²) in [5, 5.41) is 1.32. The molecule has 0 aliphatic carbocycles. The van der Waals surface area contributed by atoms with E-state index in [9.17, 15) is 0 Å². The first-order valence-electron chi connectivity index (χ1n) is 8.59. The zero-order valence-electron chi connectivity index (χ0n) is 15.9. The molecule has 0 aliphatic heterocycles. The van der Waals surface area contributed by atoms with Crippen molar-refractivity contribution in [3.8, 4) is 22.4 Å². The van der Waals surface area contributed by atoms with Crippen molar-refractivity contribution in [3.63, 3.8) is 0 Å². The second-order valence-corrected chi connectivity index (χ2v) is 6.78. The Kier molecular flexibility index (Phi) is 8.86. The van der Waals surface area contributed by atoms with E-state index in [0.29, 0.717) is 5.82 Å². The van der Waals surface area contributed by atoms with Gasteiger partial charge in [-0.3, -0.25) is 4.98 Å². The molecule has 2 aromatic carbocycles. The fourth-order valence-corrected chi connectivity index (χ4v) is 3.39. The van der Waals surface area contributed by atoms with Crippen molar-refractivity contribution < 1.29 is 19.5 Å². The van der Waals surface area contributed by atoms with Crippen LogP contribution >= 0.6 is 8.19 Å². The van der Waals surface area contributed by atoms with Crippen molar-refractivity contribution in [2.24, 2.45) is 0 Å². The maximum Gasteiger partial charge on any atom is 3.00 e. The molecular formula is C24H19N3PRh. The minimum Gasteiger partial charge on any atom is -0.434 e. The van der Waals surface area contributed by atoms with Crippen LogP contribution in [0.1, 0.15) is 0 Å². The van der Waals surface area contributed by atoms with Crippen LogP contribution in [0.4, 0.5) is 0 Å². The van der Waals surface area contributed by atoms with Crippen LogP contribution in [0.5, 0.6) is 0 Å². The third kappa shape index (κ3) is 5.90. The molecule has 0 amide bonds. The van der Waals surface area contributed by atoms with Gasteiger partial charge in [-0.1, -0.05) is 53.8 Å². The monoisotopic (exact) mass is 483 g/mol. The number of imidazole rings is 1. The average molecular weight is 483 g/mol. The summed E-state index contributed by atoms with van der Waals surface area (Å²) in [6, 6.07) is 31.1. The van der Waals surface area contributed by atoms with E-state index in [-0.39, 0.29) is 26.9 Å². The largest absolute Gasteiger partial charge is 3.00 e. The number of para-hydroxylation sites is 2. The minimum absolute atomic E-state index is 0. The third-order valence-corrected chi connectivity index (χ3v) is 4.87. The number of rotatable bonds is 2. The first kappa shape index (κ1) is 22.6. The summed E-state index contributed by atoms with van der Waals surface area (Å²) < 4.78 is 0. The fourth-order valence-electron chi connectivity index (χ4n) is 2.59. The first-order chi connectivity index (χ1) is 13.4. The van der Waals surface area contributed by atoms with E-state index in [2.05, 4.69) is 51.1 Å². The number of pyridine rings is 1. The molecule has 0 atom stereocenters. The van der Waals surface area contributed by atoms with Crippen molar-refractivity contribution in [2.75, 3.05) is 0 Å². The molecule has 0 N–H and O–H groups in total. The normalized spacial score (nSPS) is 9.79. The van der Waals surface area contributed by atoms with Gasteiger partial charge in [0.25, 0.3) is 0 Å². The molecular weight excluding hydrogens is 464 g/mol. The van der Waals surface area contributed by atoms with Crippen molar-refractivity contribution in [2.45, 2.75) is 0 Å². The molecule has 5 aromatic rings. The van der Waals surface area contributed by atoms with Gasteiger partial charge >= 0.3 is 19.5 Å². The quantitative estimate of drug-likeness (QED) is 0.215. The zero-order chi connectivity index (χ0) is 18.3. The van der Waals surface area contributed by atoms with E-state index in [0.717, 1.165) is 16.7 Å². The minimum atomic E-state index is 0. The summed E-state index contributed by atoms with van der Waals surface area (Å²) in [5.74, 6) is 2.83. The molecule has 0 unspecified atom stereocenters. The van der Waals surface area contributed by atoms with E-state index < -0.39 is 0 Å². The molecule has 3 aromatic heterocycles. The fraction of sp³-hybridized carbons (Fsp3) is 0. The van der Waals surface area contributed by atoms with Crippen molar-refractivity contribution in [3.05, 3.63) is 110 Å². The van der Waals surface area contributed by atoms with Gasteiger partial charge in [0.1, 0.15) is 0 Å². The standard InChI is InChI=1S/C12H8N3.C11H8P.CH3.Rh/c1-2-6-10-9(5-1)14-12(15-10)11-7-3-4-8-13-11;1-2-6-10(7-3-1)11-8-4-5-9-12-11;;/h1-8H;1-6,8-9H;1H3;/q3*-1;+3.